The minimum Gasteiger partial charge on any atom is -0.462 e. The number of carbonyl (C=O) groups excluding carboxylic acids is 1. The van der Waals surface area contributed by atoms with Gasteiger partial charge in [0.15, 0.2) is 25.0 Å². The molecule has 0 aliphatic heterocycles. The van der Waals surface area contributed by atoms with E-state index in [4.69, 9.17) is 29.4 Å². The van der Waals surface area contributed by atoms with Crippen molar-refractivity contribution in [2.24, 2.45) is 0 Å². The molecule has 0 heterocycles. The number of hydrogen-bond donors (Lipinski definition) is 0. The van der Waals surface area contributed by atoms with Gasteiger partial charge in [-0.25, -0.2) is 4.79 Å². The molecule has 0 aliphatic carbocycles. The highest BCUT2D eigenvalue weighted by atomic mass is 28.5. The first kappa shape index (κ1) is 46.5. The van der Waals surface area contributed by atoms with E-state index in [1.807, 2.05) is 0 Å². The van der Waals surface area contributed by atoms with Crippen molar-refractivity contribution in [2.75, 3.05) is 6.61 Å². The Morgan fingerprint density at radius 2 is 0.804 bits per heavy atom. The largest absolute Gasteiger partial charge is 0.474 e. The first-order valence-electron chi connectivity index (χ1n) is 17.8. The average Bonchev–Trinajstić information content (AvgIpc) is 2.84. The fourth-order valence-corrected chi connectivity index (χ4v) is 40.8. The van der Waals surface area contributed by atoms with Crippen molar-refractivity contribution in [3.05, 3.63) is 12.2 Å². The van der Waals surface area contributed by atoms with Gasteiger partial charge in [0.05, 0.1) is 6.61 Å². The predicted molar refractivity (Wildman–Crippen MR) is 211 cm³/mol. The van der Waals surface area contributed by atoms with Crippen molar-refractivity contribution in [3.8, 4) is 0 Å². The Morgan fingerprint density at radius 3 is 1.07 bits per heavy atom. The first-order chi connectivity index (χ1) is 20.8. The van der Waals surface area contributed by atoms with Crippen LogP contribution >= 0.6 is 0 Å². The van der Waals surface area contributed by atoms with E-state index in [9.17, 15) is 4.79 Å². The molecule has 0 amide bonds. The first-order valence-corrected chi connectivity index (χ1v) is 37.5. The molecule has 0 saturated carbocycles. The molecule has 0 aliphatic rings. The second kappa shape index (κ2) is 19.8. The maximum absolute atomic E-state index is 12.3. The fraction of sp³-hybridized carbons (Fsp3) is 0.903. The normalized spacial score (nSPS) is 14.1. The number of unbranched alkanes of at least 4 members (excludes halogenated alkanes) is 3. The quantitative estimate of drug-likeness (QED) is 0.0372. The highest BCUT2D eigenvalue weighted by Gasteiger charge is 2.56. The minimum absolute atomic E-state index is 0.231. The van der Waals surface area contributed by atoms with E-state index in [0.29, 0.717) is 18.0 Å². The van der Waals surface area contributed by atoms with Gasteiger partial charge in [-0.1, -0.05) is 65.9 Å². The molecular weight excluding hydrogens is 697 g/mol. The van der Waals surface area contributed by atoms with Gasteiger partial charge in [-0.3, -0.25) is 0 Å². The van der Waals surface area contributed by atoms with Crippen molar-refractivity contribution in [2.45, 2.75) is 175 Å². The summed E-state index contributed by atoms with van der Waals surface area (Å²) in [7, 11) is -17.9. The summed E-state index contributed by atoms with van der Waals surface area (Å²) < 4.78 is 48.4. The van der Waals surface area contributed by atoms with Gasteiger partial charge >= 0.3 is 40.5 Å². The monoisotopic (exact) mass is 770 g/mol. The number of carbonyl (C=O) groups is 1. The molecule has 0 bridgehead atoms. The van der Waals surface area contributed by atoms with E-state index in [1.54, 1.807) is 6.92 Å². The lowest BCUT2D eigenvalue weighted by molar-refractivity contribution is -0.139. The Bertz CT molecular complexity index is 838. The van der Waals surface area contributed by atoms with E-state index in [2.05, 4.69) is 106 Å². The van der Waals surface area contributed by atoms with Crippen LogP contribution in [0.5, 0.6) is 0 Å². The molecule has 0 fully saturated rings. The van der Waals surface area contributed by atoms with Crippen molar-refractivity contribution < 1.29 is 34.2 Å². The average molecular weight is 772 g/mol. The van der Waals surface area contributed by atoms with E-state index < -0.39 is 59.4 Å². The Balaban J connectivity index is 6.84. The highest BCUT2D eigenvalue weighted by molar-refractivity contribution is 6.93. The number of rotatable bonds is 26. The molecule has 46 heavy (non-hydrogen) atoms. The molecular formula is C31H74O8Si7. The van der Waals surface area contributed by atoms with Crippen LogP contribution in [0.2, 0.25) is 103 Å². The van der Waals surface area contributed by atoms with E-state index in [-0.39, 0.29) is 12.6 Å². The minimum atomic E-state index is -3.53. The van der Waals surface area contributed by atoms with Crippen molar-refractivity contribution in [1.82, 2.24) is 0 Å². The SMILES string of the molecule is C=C(C)C(=O)OCCC[Si](O[Si](C)(C)O[Si](C)(C)CCCC)(O[Si](C)(C)O[Si](C)(C)CCCC)O[Si](C)(C)O[Si](C)(C)CCCC. The second-order valence-corrected chi connectivity index (χ2v) is 43.3. The summed E-state index contributed by atoms with van der Waals surface area (Å²) >= 11 is 0. The zero-order chi connectivity index (χ0) is 36.1. The summed E-state index contributed by atoms with van der Waals surface area (Å²) in [6, 6.07) is 3.73. The van der Waals surface area contributed by atoms with Gasteiger partial charge in [0.2, 0.25) is 0 Å². The maximum Gasteiger partial charge on any atom is 0.474 e. The van der Waals surface area contributed by atoms with Crippen LogP contribution in [0, 0.1) is 0 Å². The van der Waals surface area contributed by atoms with Gasteiger partial charge in [-0.15, -0.1) is 0 Å². The zero-order valence-electron chi connectivity index (χ0n) is 33.0. The maximum atomic E-state index is 12.3. The van der Waals surface area contributed by atoms with E-state index in [1.165, 1.54) is 0 Å². The Labute approximate surface area is 292 Å². The third-order valence-corrected chi connectivity index (χ3v) is 35.2. The molecule has 0 N–H and O–H groups in total. The van der Waals surface area contributed by atoms with E-state index in [0.717, 1.165) is 56.7 Å². The molecule has 15 heteroatoms. The number of hydrogen-bond acceptors (Lipinski definition) is 8. The number of esters is 1. The summed E-state index contributed by atoms with van der Waals surface area (Å²) in [6.07, 6.45) is 7.38. The predicted octanol–water partition coefficient (Wildman–Crippen LogP) is 10.7. The van der Waals surface area contributed by atoms with Gasteiger partial charge in [0, 0.05) is 11.6 Å². The van der Waals surface area contributed by atoms with Crippen molar-refractivity contribution >= 4 is 65.4 Å². The van der Waals surface area contributed by atoms with Gasteiger partial charge in [0.25, 0.3) is 0 Å². The van der Waals surface area contributed by atoms with Crippen LogP contribution in [-0.4, -0.2) is 72.0 Å². The molecule has 0 rings (SSSR count). The summed E-state index contributed by atoms with van der Waals surface area (Å²) in [6.45, 7) is 38.8. The third kappa shape index (κ3) is 20.9. The smallest absolute Gasteiger partial charge is 0.462 e. The fourth-order valence-electron chi connectivity index (χ4n) is 5.94. The summed E-state index contributed by atoms with van der Waals surface area (Å²) in [5.74, 6) is -0.389. The third-order valence-electron chi connectivity index (χ3n) is 7.38. The van der Waals surface area contributed by atoms with Crippen LogP contribution in [0.25, 0.3) is 0 Å². The van der Waals surface area contributed by atoms with Crippen LogP contribution in [-0.2, 0) is 34.2 Å². The molecule has 0 aromatic carbocycles. The number of ether oxygens (including phenoxy) is 1. The topological polar surface area (TPSA) is 81.7 Å². The molecule has 274 valence electrons. The van der Waals surface area contributed by atoms with Crippen LogP contribution < -0.4 is 0 Å². The van der Waals surface area contributed by atoms with Crippen LogP contribution in [0.1, 0.15) is 72.6 Å². The van der Waals surface area contributed by atoms with E-state index >= 15 is 0 Å². The summed E-state index contributed by atoms with van der Waals surface area (Å²) in [4.78, 5) is 12.3. The molecule has 0 unspecified atom stereocenters. The lowest BCUT2D eigenvalue weighted by Gasteiger charge is -2.47. The molecule has 0 aromatic heterocycles. The van der Waals surface area contributed by atoms with Crippen molar-refractivity contribution in [3.63, 3.8) is 0 Å². The Morgan fingerprint density at radius 1 is 0.500 bits per heavy atom. The highest BCUT2D eigenvalue weighted by Crippen LogP contribution is 2.35. The van der Waals surface area contributed by atoms with Crippen molar-refractivity contribution in [1.29, 1.82) is 0 Å². The van der Waals surface area contributed by atoms with Gasteiger partial charge in [-0.2, -0.15) is 0 Å². The molecule has 0 aromatic rings. The van der Waals surface area contributed by atoms with Gasteiger partial charge in [-0.05, 0) is 110 Å². The molecule has 0 saturated heterocycles. The standard InChI is InChI=1S/C31H74O8Si7/c1-18-21-26-40(6,7)34-43(12,13)37-46(29-24-25-33-31(32)30(4)5,38-44(14,15)35-41(8,9)27-22-19-2)39-45(16,17)36-42(10,11)28-23-20-3/h4,18-29H2,1-3,5-17H3. The molecule has 0 radical (unpaired) electrons. The Hall–Kier alpha value is 0.488. The van der Waals surface area contributed by atoms with Crippen LogP contribution in [0.3, 0.4) is 0 Å². The lowest BCUT2D eigenvalue weighted by Crippen LogP contribution is -2.66. The second-order valence-electron chi connectivity index (χ2n) is 16.1. The van der Waals surface area contributed by atoms with Crippen LogP contribution in [0.15, 0.2) is 12.2 Å². The van der Waals surface area contributed by atoms with Gasteiger partial charge < -0.3 is 29.4 Å². The molecule has 0 spiro atoms. The van der Waals surface area contributed by atoms with Gasteiger partial charge in [0.1, 0.15) is 0 Å². The van der Waals surface area contributed by atoms with Crippen LogP contribution in [0.4, 0.5) is 0 Å². The summed E-state index contributed by atoms with van der Waals surface area (Å²) in [5, 5.41) is 0. The Kier molecular flexibility index (Phi) is 20.0. The molecule has 0 atom stereocenters. The lowest BCUT2D eigenvalue weighted by atomic mass is 10.4. The molecule has 8 nitrogen and oxygen atoms in total. The summed E-state index contributed by atoms with van der Waals surface area (Å²) in [5.41, 5.74) is 0.385. The zero-order valence-corrected chi connectivity index (χ0v) is 40.0.